The molecule has 0 bridgehead atoms. The largest absolute Gasteiger partial charge is 0.449 e. The van der Waals surface area contributed by atoms with Crippen LogP contribution >= 0.6 is 27.7 Å². The highest BCUT2D eigenvalue weighted by Crippen LogP contribution is 2.54. The van der Waals surface area contributed by atoms with E-state index >= 15 is 0 Å². The smallest absolute Gasteiger partial charge is 0.330 e. The minimum atomic E-state index is -0.614. The number of benzene rings is 1. The zero-order chi connectivity index (χ0) is 15.7. The molecule has 114 valence electrons. The van der Waals surface area contributed by atoms with Crippen LogP contribution in [-0.2, 0) is 19.2 Å². The van der Waals surface area contributed by atoms with Gasteiger partial charge in [0.2, 0.25) is 5.91 Å². The summed E-state index contributed by atoms with van der Waals surface area (Å²) in [5.74, 6) is -0.0402. The molecule has 0 radical (unpaired) electrons. The van der Waals surface area contributed by atoms with Crippen molar-refractivity contribution in [3.63, 3.8) is 0 Å². The molecule has 1 amide bonds. The number of esters is 1. The van der Waals surface area contributed by atoms with Crippen LogP contribution < -0.4 is 0 Å². The number of hydrogen-bond donors (Lipinski definition) is 0. The molecule has 7 heteroatoms. The molecule has 3 rings (SSSR count). The maximum Gasteiger partial charge on any atom is 0.330 e. The lowest BCUT2D eigenvalue weighted by Gasteiger charge is -2.33. The Kier molecular flexibility index (Phi) is 4.15. The zero-order valence-corrected chi connectivity index (χ0v) is 14.0. The van der Waals surface area contributed by atoms with E-state index < -0.39 is 16.9 Å². The number of carbonyl (C=O) groups is 2. The van der Waals surface area contributed by atoms with Crippen LogP contribution in [0.15, 0.2) is 28.7 Å². The van der Waals surface area contributed by atoms with Gasteiger partial charge in [-0.3, -0.25) is 4.79 Å². The summed E-state index contributed by atoms with van der Waals surface area (Å²) < 4.78 is 5.89. The van der Waals surface area contributed by atoms with Crippen molar-refractivity contribution in [2.24, 2.45) is 0 Å². The Balaban J connectivity index is 1.92. The van der Waals surface area contributed by atoms with Gasteiger partial charge in [-0.05, 0) is 24.1 Å². The lowest BCUT2D eigenvalue weighted by atomic mass is 10.0. The first-order chi connectivity index (χ1) is 10.6. The molecule has 0 aliphatic carbocycles. The number of carbonyl (C=O) groups excluding carboxylic acids is 2. The highest BCUT2D eigenvalue weighted by Gasteiger charge is 2.57. The average Bonchev–Trinajstić information content (AvgIpc) is 3.05. The Labute approximate surface area is 140 Å². The number of hydrogen-bond acceptors (Lipinski definition) is 5. The van der Waals surface area contributed by atoms with E-state index in [9.17, 15) is 9.59 Å². The third-order valence-electron chi connectivity index (χ3n) is 3.97. The van der Waals surface area contributed by atoms with Crippen molar-refractivity contribution in [1.82, 2.24) is 4.90 Å². The molecule has 1 aromatic carbocycles. The van der Waals surface area contributed by atoms with Crippen LogP contribution in [0.4, 0.5) is 0 Å². The van der Waals surface area contributed by atoms with E-state index in [2.05, 4.69) is 15.9 Å². The number of rotatable bonds is 3. The molecule has 0 unspecified atom stereocenters. The molecular weight excluding hydrogens is 368 g/mol. The Morgan fingerprint density at radius 3 is 2.91 bits per heavy atom. The van der Waals surface area contributed by atoms with E-state index in [0.717, 1.165) is 10.0 Å². The maximum absolute atomic E-state index is 12.3. The van der Waals surface area contributed by atoms with Crippen molar-refractivity contribution in [3.05, 3.63) is 34.3 Å². The number of amides is 1. The second kappa shape index (κ2) is 5.94. The van der Waals surface area contributed by atoms with Gasteiger partial charge in [0.15, 0.2) is 6.61 Å². The minimum Gasteiger partial charge on any atom is -0.449 e. The summed E-state index contributed by atoms with van der Waals surface area (Å²) >= 11 is 5.01. The number of fused-ring (bicyclic) bond motifs is 1. The number of nitrogens with zero attached hydrogens (tertiary/aromatic N) is 2. The molecule has 2 atom stereocenters. The molecule has 5 nitrogen and oxygen atoms in total. The second-order valence-corrected chi connectivity index (χ2v) is 7.36. The Morgan fingerprint density at radius 2 is 2.23 bits per heavy atom. The van der Waals surface area contributed by atoms with Crippen LogP contribution in [0.2, 0.25) is 0 Å². The molecule has 0 aromatic heterocycles. The van der Waals surface area contributed by atoms with Crippen molar-refractivity contribution in [2.75, 3.05) is 12.4 Å². The number of nitriles is 1. The van der Waals surface area contributed by atoms with Crippen LogP contribution in [0.5, 0.6) is 0 Å². The van der Waals surface area contributed by atoms with Gasteiger partial charge in [-0.25, -0.2) is 4.79 Å². The van der Waals surface area contributed by atoms with Crippen molar-refractivity contribution < 1.29 is 14.3 Å². The maximum atomic E-state index is 12.3. The van der Waals surface area contributed by atoms with Gasteiger partial charge in [0.25, 0.3) is 0 Å². The first-order valence-corrected chi connectivity index (χ1v) is 8.62. The van der Waals surface area contributed by atoms with Gasteiger partial charge in [-0.2, -0.15) is 5.26 Å². The predicted octanol–water partition coefficient (Wildman–Crippen LogP) is 2.41. The van der Waals surface area contributed by atoms with Crippen LogP contribution in [0.3, 0.4) is 0 Å². The van der Waals surface area contributed by atoms with Gasteiger partial charge in [-0.1, -0.05) is 28.1 Å². The molecule has 2 aliphatic rings. The van der Waals surface area contributed by atoms with Crippen LogP contribution in [-0.4, -0.2) is 35.2 Å². The molecule has 2 heterocycles. The Morgan fingerprint density at radius 1 is 1.50 bits per heavy atom. The molecule has 22 heavy (non-hydrogen) atoms. The highest BCUT2D eigenvalue weighted by atomic mass is 79.9. The third kappa shape index (κ3) is 2.40. The van der Waals surface area contributed by atoms with E-state index in [1.807, 2.05) is 24.3 Å². The molecule has 2 aliphatic heterocycles. The summed E-state index contributed by atoms with van der Waals surface area (Å²) in [6.07, 6.45) is 1.10. The fourth-order valence-corrected chi connectivity index (χ4v) is 4.93. The quantitative estimate of drug-likeness (QED) is 0.752. The summed E-state index contributed by atoms with van der Waals surface area (Å²) in [6.45, 7) is -0.284. The van der Waals surface area contributed by atoms with Gasteiger partial charge in [-0.15, -0.1) is 11.8 Å². The number of ether oxygens (including phenoxy) is 1. The molecule has 0 saturated carbocycles. The average molecular weight is 381 g/mol. The first kappa shape index (κ1) is 15.4. The first-order valence-electron chi connectivity index (χ1n) is 6.84. The minimum absolute atomic E-state index is 0.0353. The van der Waals surface area contributed by atoms with Gasteiger partial charge >= 0.3 is 5.97 Å². The zero-order valence-electron chi connectivity index (χ0n) is 11.6. The topological polar surface area (TPSA) is 70.4 Å². The Bertz CT molecular complexity index is 658. The van der Waals surface area contributed by atoms with E-state index in [1.54, 1.807) is 22.7 Å². The third-order valence-corrected chi connectivity index (χ3v) is 6.10. The molecule has 2 saturated heterocycles. The van der Waals surface area contributed by atoms with E-state index in [1.165, 1.54) is 0 Å². The number of thioether (sulfide) groups is 1. The normalized spacial score (nSPS) is 26.6. The molecule has 2 fully saturated rings. The van der Waals surface area contributed by atoms with Crippen LogP contribution in [0.25, 0.3) is 0 Å². The van der Waals surface area contributed by atoms with Gasteiger partial charge in [0, 0.05) is 16.6 Å². The summed E-state index contributed by atoms with van der Waals surface area (Å²) in [5, 5.41) is 8.53. The second-order valence-electron chi connectivity index (χ2n) is 5.15. The monoisotopic (exact) mass is 380 g/mol. The molecule has 1 aromatic rings. The highest BCUT2D eigenvalue weighted by molar-refractivity contribution is 9.10. The lowest BCUT2D eigenvalue weighted by Crippen LogP contribution is -2.46. The summed E-state index contributed by atoms with van der Waals surface area (Å²) in [6, 6.07) is 9.00. The number of halogens is 1. The van der Waals surface area contributed by atoms with Gasteiger partial charge in [0.1, 0.15) is 17.0 Å². The Hall–Kier alpha value is -1.52. The van der Waals surface area contributed by atoms with Crippen molar-refractivity contribution in [3.8, 4) is 6.07 Å². The predicted molar refractivity (Wildman–Crippen MR) is 84.7 cm³/mol. The van der Waals surface area contributed by atoms with Gasteiger partial charge < -0.3 is 9.64 Å². The van der Waals surface area contributed by atoms with Crippen molar-refractivity contribution >= 4 is 39.6 Å². The fraction of sp³-hybridized carbons (Fsp3) is 0.400. The SMILES string of the molecule is N#CCOC(=O)[C@@H]1CS[C@@]2(c3ccc(Br)cc3)CCC(=O)N12. The van der Waals surface area contributed by atoms with Crippen LogP contribution in [0.1, 0.15) is 18.4 Å². The standard InChI is InChI=1S/C15H13BrN2O3S/c16-11-3-1-10(2-4-11)15-6-5-13(19)18(15)12(9-22-15)14(20)21-8-7-17/h1-4,12H,5-6,8-9H2/t12-,15+/m0/s1. The van der Waals surface area contributed by atoms with Crippen LogP contribution in [0, 0.1) is 11.3 Å². The van der Waals surface area contributed by atoms with Crippen molar-refractivity contribution in [2.45, 2.75) is 23.8 Å². The fourth-order valence-electron chi connectivity index (χ4n) is 3.03. The summed E-state index contributed by atoms with van der Waals surface area (Å²) in [4.78, 5) is 25.6. The molecular formula is C15H13BrN2O3S. The van der Waals surface area contributed by atoms with Gasteiger partial charge in [0.05, 0.1) is 0 Å². The summed E-state index contributed by atoms with van der Waals surface area (Å²) in [5.41, 5.74) is 1.02. The van der Waals surface area contributed by atoms with Crippen molar-refractivity contribution in [1.29, 1.82) is 5.26 Å². The van der Waals surface area contributed by atoms with E-state index in [4.69, 9.17) is 10.00 Å². The summed E-state index contributed by atoms with van der Waals surface area (Å²) in [7, 11) is 0. The van der Waals surface area contributed by atoms with E-state index in [-0.39, 0.29) is 12.5 Å². The molecule has 0 N–H and O–H groups in total. The molecule has 0 spiro atoms. The van der Waals surface area contributed by atoms with E-state index in [0.29, 0.717) is 18.6 Å². The lowest BCUT2D eigenvalue weighted by molar-refractivity contribution is -0.152.